The Kier molecular flexibility index (Phi) is 5.58. The molecule has 3 rings (SSSR count). The predicted molar refractivity (Wildman–Crippen MR) is 95.4 cm³/mol. The number of nitrogens with zero attached hydrogens (tertiary/aromatic N) is 1. The van der Waals surface area contributed by atoms with E-state index in [0.29, 0.717) is 12.2 Å². The van der Waals surface area contributed by atoms with E-state index in [2.05, 4.69) is 0 Å². The third kappa shape index (κ3) is 4.59. The molecule has 0 atom stereocenters. The Bertz CT molecular complexity index is 865. The van der Waals surface area contributed by atoms with Gasteiger partial charge >= 0.3 is 0 Å². The molecule has 4 nitrogen and oxygen atoms in total. The Balaban J connectivity index is 1.71. The van der Waals surface area contributed by atoms with Crippen molar-refractivity contribution in [2.24, 2.45) is 0 Å². The minimum Gasteiger partial charge on any atom is -0.497 e. The number of halogens is 2. The van der Waals surface area contributed by atoms with Crippen molar-refractivity contribution in [2.75, 3.05) is 12.9 Å². The number of methoxy groups -OCH3 is 1. The van der Waals surface area contributed by atoms with Gasteiger partial charge in [-0.2, -0.15) is 4.31 Å². The van der Waals surface area contributed by atoms with Crippen LogP contribution < -0.4 is 4.74 Å². The lowest BCUT2D eigenvalue weighted by Crippen LogP contribution is -2.35. The molecule has 2 aromatic carbocycles. The Morgan fingerprint density at radius 2 is 1.81 bits per heavy atom. The fourth-order valence-electron chi connectivity index (χ4n) is 2.79. The topological polar surface area (TPSA) is 46.6 Å². The molecule has 0 radical (unpaired) electrons. The average Bonchev–Trinajstić information content (AvgIpc) is 3.44. The molecule has 2 aromatic rings. The average molecular weight is 381 g/mol. The Morgan fingerprint density at radius 3 is 2.38 bits per heavy atom. The van der Waals surface area contributed by atoms with Crippen LogP contribution in [-0.2, 0) is 23.0 Å². The van der Waals surface area contributed by atoms with E-state index >= 15 is 0 Å². The highest BCUT2D eigenvalue weighted by molar-refractivity contribution is 7.89. The van der Waals surface area contributed by atoms with Crippen molar-refractivity contribution < 1.29 is 21.9 Å². The maximum atomic E-state index is 13.9. The van der Waals surface area contributed by atoms with Gasteiger partial charge in [-0.1, -0.05) is 18.2 Å². The molecular formula is C19H21F2NO3S. The van der Waals surface area contributed by atoms with Gasteiger partial charge in [-0.15, -0.1) is 0 Å². The molecule has 0 unspecified atom stereocenters. The molecule has 1 fully saturated rings. The molecule has 140 valence electrons. The van der Waals surface area contributed by atoms with Crippen molar-refractivity contribution in [3.8, 4) is 5.75 Å². The van der Waals surface area contributed by atoms with Crippen molar-refractivity contribution in [3.05, 3.63) is 65.2 Å². The molecule has 0 spiro atoms. The molecule has 0 aromatic heterocycles. The first-order chi connectivity index (χ1) is 12.4. The van der Waals surface area contributed by atoms with E-state index in [-0.39, 0.29) is 23.9 Å². The molecule has 1 saturated carbocycles. The van der Waals surface area contributed by atoms with Crippen molar-refractivity contribution in [3.63, 3.8) is 0 Å². The summed E-state index contributed by atoms with van der Waals surface area (Å²) < 4.78 is 59.0. The number of sulfonamides is 1. The molecule has 0 amide bonds. The van der Waals surface area contributed by atoms with Crippen LogP contribution in [0.15, 0.2) is 42.5 Å². The highest BCUT2D eigenvalue weighted by Gasteiger charge is 2.37. The van der Waals surface area contributed by atoms with E-state index < -0.39 is 21.7 Å². The monoisotopic (exact) mass is 381 g/mol. The summed E-state index contributed by atoms with van der Waals surface area (Å²) in [7, 11) is -1.99. The third-order valence-electron chi connectivity index (χ3n) is 4.46. The summed E-state index contributed by atoms with van der Waals surface area (Å²) in [6, 6.07) is 10.4. The van der Waals surface area contributed by atoms with Crippen LogP contribution >= 0.6 is 0 Å². The molecule has 0 aliphatic heterocycles. The number of hydrogen-bond donors (Lipinski definition) is 0. The maximum Gasteiger partial charge on any atom is 0.214 e. The summed E-state index contributed by atoms with van der Waals surface area (Å²) >= 11 is 0. The minimum atomic E-state index is -3.56. The summed E-state index contributed by atoms with van der Waals surface area (Å²) in [5.41, 5.74) is 1.07. The van der Waals surface area contributed by atoms with Crippen LogP contribution in [0.1, 0.15) is 24.0 Å². The van der Waals surface area contributed by atoms with Crippen LogP contribution in [-0.4, -0.2) is 31.6 Å². The van der Waals surface area contributed by atoms with Gasteiger partial charge in [0.15, 0.2) is 0 Å². The quantitative estimate of drug-likeness (QED) is 0.703. The van der Waals surface area contributed by atoms with E-state index in [0.717, 1.165) is 30.5 Å². The number of hydrogen-bond acceptors (Lipinski definition) is 3. The molecule has 0 saturated heterocycles. The van der Waals surface area contributed by atoms with E-state index in [1.165, 1.54) is 10.4 Å². The predicted octanol–water partition coefficient (Wildman–Crippen LogP) is 3.51. The number of ether oxygens (including phenoxy) is 1. The summed E-state index contributed by atoms with van der Waals surface area (Å²) in [5, 5.41) is 0. The van der Waals surface area contributed by atoms with Crippen LogP contribution in [0.2, 0.25) is 0 Å². The van der Waals surface area contributed by atoms with Gasteiger partial charge in [-0.05, 0) is 43.0 Å². The zero-order valence-electron chi connectivity index (χ0n) is 14.5. The molecule has 0 N–H and O–H groups in total. The maximum absolute atomic E-state index is 13.9. The number of rotatable bonds is 8. The highest BCUT2D eigenvalue weighted by Crippen LogP contribution is 2.32. The zero-order valence-corrected chi connectivity index (χ0v) is 15.3. The van der Waals surface area contributed by atoms with Gasteiger partial charge in [0.25, 0.3) is 0 Å². The molecular weight excluding hydrogens is 360 g/mol. The standard InChI is InChI=1S/C19H21F2NO3S/c1-25-18-8-2-14(3-9-18)10-11-26(23,24)22(17-6-7-17)13-15-4-5-16(20)12-19(15)21/h2-5,8-9,12,17H,6-7,10-11,13H2,1H3. The third-order valence-corrected chi connectivity index (χ3v) is 6.32. The van der Waals surface area contributed by atoms with E-state index in [1.54, 1.807) is 19.2 Å². The first kappa shape index (κ1) is 18.8. The van der Waals surface area contributed by atoms with Crippen molar-refractivity contribution in [1.82, 2.24) is 4.31 Å². The zero-order chi connectivity index (χ0) is 18.7. The van der Waals surface area contributed by atoms with Crippen LogP contribution in [0, 0.1) is 11.6 Å². The van der Waals surface area contributed by atoms with E-state index in [1.807, 2.05) is 12.1 Å². The summed E-state index contributed by atoms with van der Waals surface area (Å²) in [4.78, 5) is 0. The van der Waals surface area contributed by atoms with Gasteiger partial charge in [0, 0.05) is 24.2 Å². The first-order valence-electron chi connectivity index (χ1n) is 8.45. The minimum absolute atomic E-state index is 0.0569. The lowest BCUT2D eigenvalue weighted by molar-refractivity contribution is 0.391. The lowest BCUT2D eigenvalue weighted by atomic mass is 10.2. The molecule has 7 heteroatoms. The van der Waals surface area contributed by atoms with Crippen LogP contribution in [0.25, 0.3) is 0 Å². The highest BCUT2D eigenvalue weighted by atomic mass is 32.2. The van der Waals surface area contributed by atoms with E-state index in [9.17, 15) is 17.2 Å². The lowest BCUT2D eigenvalue weighted by Gasteiger charge is -2.22. The molecule has 1 aliphatic rings. The van der Waals surface area contributed by atoms with Crippen molar-refractivity contribution in [1.29, 1.82) is 0 Å². The normalized spacial score (nSPS) is 14.6. The smallest absolute Gasteiger partial charge is 0.214 e. The Labute approximate surface area is 152 Å². The second-order valence-electron chi connectivity index (χ2n) is 6.43. The molecule has 26 heavy (non-hydrogen) atoms. The van der Waals surface area contributed by atoms with Crippen molar-refractivity contribution >= 4 is 10.0 Å². The summed E-state index contributed by atoms with van der Waals surface area (Å²) in [6.07, 6.45) is 1.90. The van der Waals surface area contributed by atoms with Crippen LogP contribution in [0.4, 0.5) is 8.78 Å². The Morgan fingerprint density at radius 1 is 1.12 bits per heavy atom. The number of benzene rings is 2. The molecule has 0 bridgehead atoms. The largest absolute Gasteiger partial charge is 0.497 e. The molecule has 1 aliphatic carbocycles. The van der Waals surface area contributed by atoms with Gasteiger partial charge in [-0.3, -0.25) is 0 Å². The van der Waals surface area contributed by atoms with Gasteiger partial charge in [0.1, 0.15) is 17.4 Å². The second-order valence-corrected chi connectivity index (χ2v) is 8.47. The summed E-state index contributed by atoms with van der Waals surface area (Å²) in [6.45, 7) is -0.0677. The van der Waals surface area contributed by atoms with Crippen LogP contribution in [0.5, 0.6) is 5.75 Å². The van der Waals surface area contributed by atoms with Crippen LogP contribution in [0.3, 0.4) is 0 Å². The number of aryl methyl sites for hydroxylation is 1. The SMILES string of the molecule is COc1ccc(CCS(=O)(=O)N(Cc2ccc(F)cc2F)C2CC2)cc1. The van der Waals surface area contributed by atoms with E-state index in [4.69, 9.17) is 4.74 Å². The van der Waals surface area contributed by atoms with Gasteiger partial charge in [0.05, 0.1) is 12.9 Å². The molecule has 0 heterocycles. The van der Waals surface area contributed by atoms with Crippen molar-refractivity contribution in [2.45, 2.75) is 31.8 Å². The second kappa shape index (κ2) is 7.72. The van der Waals surface area contributed by atoms with Gasteiger partial charge in [-0.25, -0.2) is 17.2 Å². The van der Waals surface area contributed by atoms with Gasteiger partial charge in [0.2, 0.25) is 10.0 Å². The first-order valence-corrected chi connectivity index (χ1v) is 10.1. The Hall–Kier alpha value is -1.99. The fourth-order valence-corrected chi connectivity index (χ4v) is 4.52. The summed E-state index contributed by atoms with van der Waals surface area (Å²) in [5.74, 6) is -0.742. The van der Waals surface area contributed by atoms with Gasteiger partial charge < -0.3 is 4.74 Å². The fraction of sp³-hybridized carbons (Fsp3) is 0.368.